The van der Waals surface area contributed by atoms with Gasteiger partial charge < -0.3 is 14.8 Å². The van der Waals surface area contributed by atoms with Crippen molar-refractivity contribution in [1.29, 1.82) is 0 Å². The van der Waals surface area contributed by atoms with Crippen LogP contribution >= 0.6 is 23.1 Å². The predicted molar refractivity (Wildman–Crippen MR) is 180 cm³/mol. The maximum absolute atomic E-state index is 14.2. The number of halogens is 3. The summed E-state index contributed by atoms with van der Waals surface area (Å²) in [6, 6.07) is 22.0. The maximum Gasteiger partial charge on any atom is 0.416 e. The highest BCUT2D eigenvalue weighted by Crippen LogP contribution is 2.54. The fraction of sp³-hybridized carbons (Fsp3) is 0.200. The van der Waals surface area contributed by atoms with Crippen molar-refractivity contribution in [1.82, 2.24) is 4.57 Å². The number of anilines is 2. The van der Waals surface area contributed by atoms with E-state index >= 15 is 0 Å². The third-order valence-corrected chi connectivity index (χ3v) is 11.2. The Balaban J connectivity index is 1.31. The van der Waals surface area contributed by atoms with E-state index in [0.29, 0.717) is 32.7 Å². The van der Waals surface area contributed by atoms with Crippen LogP contribution in [-0.4, -0.2) is 41.8 Å². The third kappa shape index (κ3) is 5.64. The lowest BCUT2D eigenvalue weighted by atomic mass is 9.83. The van der Waals surface area contributed by atoms with Gasteiger partial charge in [0, 0.05) is 21.9 Å². The fourth-order valence-electron chi connectivity index (χ4n) is 6.40. The number of aromatic nitrogens is 1. The quantitative estimate of drug-likeness (QED) is 0.192. The van der Waals surface area contributed by atoms with Gasteiger partial charge in [0.2, 0.25) is 17.7 Å². The zero-order valence-electron chi connectivity index (χ0n) is 25.8. The van der Waals surface area contributed by atoms with Crippen LogP contribution in [0.5, 0.6) is 11.5 Å². The molecular formula is C35H26F3N3O6S2. The number of fused-ring (bicyclic) bond motifs is 3. The van der Waals surface area contributed by atoms with Gasteiger partial charge in [-0.05, 0) is 47.3 Å². The average molecular weight is 706 g/mol. The second-order valence-corrected chi connectivity index (χ2v) is 13.5. The number of methoxy groups -OCH3 is 2. The van der Waals surface area contributed by atoms with Crippen LogP contribution in [0.2, 0.25) is 0 Å². The van der Waals surface area contributed by atoms with Gasteiger partial charge in [0.05, 0.1) is 36.4 Å². The topological polar surface area (TPSA) is 107 Å². The minimum absolute atomic E-state index is 0.207. The van der Waals surface area contributed by atoms with Crippen molar-refractivity contribution in [2.24, 2.45) is 5.92 Å². The number of thiazole rings is 1. The summed E-state index contributed by atoms with van der Waals surface area (Å²) in [5.41, 5.74) is -0.130. The standard InChI is InChI=1S/C35H26F3N3O6S2/c1-46-24-14-13-19(15-25(24)47-2)27-28-29(32(44)41(31(28)43)21-10-6-9-20(16-21)35(36,37)38)48-33-30(27)49-34(45)40(33)17-26(42)39-23-12-5-8-18-7-3-4-11-22(18)23/h3-16,27-29H,17H2,1-2H3,(H,39,42)/t27-,28-,29+/m0/s1. The molecule has 14 heteroatoms. The summed E-state index contributed by atoms with van der Waals surface area (Å²) in [4.78, 5) is 56.0. The molecule has 1 aromatic heterocycles. The van der Waals surface area contributed by atoms with Gasteiger partial charge in [-0.1, -0.05) is 71.6 Å². The molecule has 0 unspecified atom stereocenters. The van der Waals surface area contributed by atoms with Gasteiger partial charge in [0.15, 0.2) is 11.5 Å². The smallest absolute Gasteiger partial charge is 0.416 e. The van der Waals surface area contributed by atoms with Crippen LogP contribution in [0.4, 0.5) is 24.5 Å². The first kappa shape index (κ1) is 32.5. The monoisotopic (exact) mass is 705 g/mol. The van der Waals surface area contributed by atoms with E-state index in [9.17, 15) is 32.3 Å². The van der Waals surface area contributed by atoms with Crippen LogP contribution in [0, 0.1) is 5.92 Å². The molecular weight excluding hydrogens is 680 g/mol. The fourth-order valence-corrected chi connectivity index (χ4v) is 9.18. The zero-order valence-corrected chi connectivity index (χ0v) is 27.4. The van der Waals surface area contributed by atoms with Gasteiger partial charge in [-0.3, -0.25) is 23.7 Å². The van der Waals surface area contributed by atoms with E-state index in [1.54, 1.807) is 30.3 Å². The van der Waals surface area contributed by atoms with E-state index in [0.717, 1.165) is 57.0 Å². The van der Waals surface area contributed by atoms with E-state index in [-0.39, 0.29) is 12.2 Å². The maximum atomic E-state index is 14.2. The molecule has 9 nitrogen and oxygen atoms in total. The summed E-state index contributed by atoms with van der Waals surface area (Å²) < 4.78 is 53.0. The number of hydrogen-bond acceptors (Lipinski definition) is 8. The first-order chi connectivity index (χ1) is 23.5. The van der Waals surface area contributed by atoms with Crippen molar-refractivity contribution < 1.29 is 37.0 Å². The van der Waals surface area contributed by atoms with Crippen LogP contribution in [0.25, 0.3) is 10.8 Å². The second-order valence-electron chi connectivity index (χ2n) is 11.4. The predicted octanol–water partition coefficient (Wildman–Crippen LogP) is 6.53. The molecule has 0 aliphatic carbocycles. The minimum atomic E-state index is -4.70. The Kier molecular flexibility index (Phi) is 8.23. The SMILES string of the molecule is COc1ccc([C@@H]2c3sc(=O)n(CC(=O)Nc4cccc5ccccc45)c3S[C@H]3C(=O)N(c4cccc(C(F)(F)F)c4)C(=O)[C@@H]23)cc1OC. The Morgan fingerprint density at radius 3 is 2.37 bits per heavy atom. The van der Waals surface area contributed by atoms with Crippen molar-refractivity contribution in [2.45, 2.75) is 28.9 Å². The van der Waals surface area contributed by atoms with Crippen LogP contribution in [-0.2, 0) is 27.1 Å². The molecule has 5 aromatic rings. The van der Waals surface area contributed by atoms with Crippen molar-refractivity contribution in [3.8, 4) is 11.5 Å². The Labute approximate surface area is 285 Å². The molecule has 0 saturated carbocycles. The normalized spacial score (nSPS) is 18.7. The number of nitrogens with zero attached hydrogens (tertiary/aromatic N) is 2. The summed E-state index contributed by atoms with van der Waals surface area (Å²) in [5, 5.41) is 3.84. The van der Waals surface area contributed by atoms with Crippen LogP contribution in [0.15, 0.2) is 94.7 Å². The number of alkyl halides is 3. The van der Waals surface area contributed by atoms with Gasteiger partial charge >= 0.3 is 11.0 Å². The average Bonchev–Trinajstić information content (AvgIpc) is 3.53. The number of carbonyl (C=O) groups is 3. The molecule has 1 fully saturated rings. The van der Waals surface area contributed by atoms with Crippen molar-refractivity contribution in [2.75, 3.05) is 24.4 Å². The molecule has 49 heavy (non-hydrogen) atoms. The largest absolute Gasteiger partial charge is 0.493 e. The number of hydrogen-bond donors (Lipinski definition) is 1. The Hall–Kier alpha value is -5.08. The molecule has 0 bridgehead atoms. The van der Waals surface area contributed by atoms with Crippen molar-refractivity contribution >= 4 is 63.0 Å². The molecule has 2 aliphatic heterocycles. The highest BCUT2D eigenvalue weighted by molar-refractivity contribution is 8.00. The second kappa shape index (κ2) is 12.4. The van der Waals surface area contributed by atoms with E-state index < -0.39 is 51.4 Å². The summed E-state index contributed by atoms with van der Waals surface area (Å²) in [6.45, 7) is -0.379. The first-order valence-electron chi connectivity index (χ1n) is 14.9. The van der Waals surface area contributed by atoms with Crippen LogP contribution in [0.3, 0.4) is 0 Å². The van der Waals surface area contributed by atoms with Crippen molar-refractivity contribution in [3.63, 3.8) is 0 Å². The molecule has 0 spiro atoms. The molecule has 3 heterocycles. The lowest BCUT2D eigenvalue weighted by Gasteiger charge is -2.31. The third-order valence-electron chi connectivity index (χ3n) is 8.61. The summed E-state index contributed by atoms with van der Waals surface area (Å²) in [6.07, 6.45) is -4.70. The van der Waals surface area contributed by atoms with E-state index in [1.165, 1.54) is 24.9 Å². The molecule has 0 radical (unpaired) electrons. The van der Waals surface area contributed by atoms with Gasteiger partial charge in [0.25, 0.3) is 0 Å². The summed E-state index contributed by atoms with van der Waals surface area (Å²) in [7, 11) is 2.90. The van der Waals surface area contributed by atoms with Gasteiger partial charge in [-0.25, -0.2) is 4.90 Å². The van der Waals surface area contributed by atoms with Gasteiger partial charge in [-0.15, -0.1) is 0 Å². The highest BCUT2D eigenvalue weighted by Gasteiger charge is 2.57. The van der Waals surface area contributed by atoms with E-state index in [2.05, 4.69) is 5.32 Å². The number of ether oxygens (including phenoxy) is 2. The minimum Gasteiger partial charge on any atom is -0.493 e. The number of thioether (sulfide) groups is 1. The molecule has 7 rings (SSSR count). The Bertz CT molecular complexity index is 2210. The van der Waals surface area contributed by atoms with Crippen molar-refractivity contribution in [3.05, 3.63) is 111 Å². The van der Waals surface area contributed by atoms with Gasteiger partial charge in [-0.2, -0.15) is 13.2 Å². The lowest BCUT2D eigenvalue weighted by Crippen LogP contribution is -2.33. The number of amides is 3. The highest BCUT2D eigenvalue weighted by atomic mass is 32.2. The van der Waals surface area contributed by atoms with E-state index in [1.807, 2.05) is 30.3 Å². The molecule has 1 N–H and O–H groups in total. The van der Waals surface area contributed by atoms with Gasteiger partial charge in [0.1, 0.15) is 11.8 Å². The van der Waals surface area contributed by atoms with Crippen LogP contribution in [0.1, 0.15) is 21.9 Å². The number of benzene rings is 4. The number of nitrogens with one attached hydrogen (secondary N) is 1. The molecule has 250 valence electrons. The van der Waals surface area contributed by atoms with E-state index in [4.69, 9.17) is 9.47 Å². The lowest BCUT2D eigenvalue weighted by molar-refractivity contribution is -0.137. The zero-order chi connectivity index (χ0) is 34.6. The number of rotatable bonds is 7. The number of carbonyl (C=O) groups excluding carboxylic acids is 3. The summed E-state index contributed by atoms with van der Waals surface area (Å²) in [5.74, 6) is -3.10. The first-order valence-corrected chi connectivity index (χ1v) is 16.6. The molecule has 1 saturated heterocycles. The molecule has 2 aliphatic rings. The summed E-state index contributed by atoms with van der Waals surface area (Å²) >= 11 is 1.82. The molecule has 3 atom stereocenters. The number of imide groups is 1. The molecule has 3 amide bonds. The Morgan fingerprint density at radius 1 is 0.878 bits per heavy atom. The Morgan fingerprint density at radius 2 is 1.61 bits per heavy atom. The van der Waals surface area contributed by atoms with Crippen LogP contribution < -0.4 is 24.6 Å². The molecule has 4 aromatic carbocycles.